The molecule has 1 nitrogen and oxygen atoms in total. The summed E-state index contributed by atoms with van der Waals surface area (Å²) in [5.74, 6) is -1.29. The average Bonchev–Trinajstić information content (AvgIpc) is 2.46. The predicted molar refractivity (Wildman–Crippen MR) is 78.8 cm³/mol. The van der Waals surface area contributed by atoms with Crippen LogP contribution in [0.15, 0.2) is 41.3 Å². The normalized spacial score (nSPS) is 12.2. The number of rotatable bonds is 4. The van der Waals surface area contributed by atoms with Crippen LogP contribution in [0.3, 0.4) is 0 Å². The molecular formula is C15H13ClF2OS. The van der Waals surface area contributed by atoms with Crippen LogP contribution in [0.1, 0.15) is 16.5 Å². The lowest BCUT2D eigenvalue weighted by Crippen LogP contribution is -2.03. The molecule has 0 bridgehead atoms. The van der Waals surface area contributed by atoms with E-state index in [9.17, 15) is 8.78 Å². The number of alkyl halides is 1. The highest BCUT2D eigenvalue weighted by molar-refractivity contribution is 7.98. The first kappa shape index (κ1) is 15.1. The van der Waals surface area contributed by atoms with Gasteiger partial charge in [0.25, 0.3) is 0 Å². The molecule has 0 aliphatic heterocycles. The molecule has 0 radical (unpaired) electrons. The zero-order valence-corrected chi connectivity index (χ0v) is 12.6. The molecule has 2 aromatic rings. The van der Waals surface area contributed by atoms with E-state index in [1.54, 1.807) is 12.1 Å². The summed E-state index contributed by atoms with van der Waals surface area (Å²) in [7, 11) is 1.36. The number of thioether (sulfide) groups is 1. The zero-order valence-electron chi connectivity index (χ0n) is 11.0. The monoisotopic (exact) mass is 314 g/mol. The third kappa shape index (κ3) is 2.91. The standard InChI is InChI=1S/C15H13ClF2OS/c1-19-9-7-11(17)14(12(18)8-9)15(16)10-5-3-4-6-13(10)20-2/h3-8,15H,1-2H3. The van der Waals surface area contributed by atoms with E-state index >= 15 is 0 Å². The van der Waals surface area contributed by atoms with E-state index in [2.05, 4.69) is 0 Å². The van der Waals surface area contributed by atoms with Gasteiger partial charge in [-0.15, -0.1) is 23.4 Å². The number of methoxy groups -OCH3 is 1. The minimum atomic E-state index is -0.885. The highest BCUT2D eigenvalue weighted by Crippen LogP contribution is 2.38. The van der Waals surface area contributed by atoms with E-state index in [4.69, 9.17) is 16.3 Å². The lowest BCUT2D eigenvalue weighted by Gasteiger charge is -2.16. The maximum absolute atomic E-state index is 14.1. The second-order valence-corrected chi connectivity index (χ2v) is 5.39. The Bertz CT molecular complexity index is 596. The molecule has 2 aromatic carbocycles. The van der Waals surface area contributed by atoms with E-state index in [0.29, 0.717) is 5.56 Å². The molecule has 0 aromatic heterocycles. The quantitative estimate of drug-likeness (QED) is 0.578. The van der Waals surface area contributed by atoms with Gasteiger partial charge < -0.3 is 4.74 Å². The van der Waals surface area contributed by atoms with Crippen molar-refractivity contribution in [2.24, 2.45) is 0 Å². The van der Waals surface area contributed by atoms with Crippen LogP contribution < -0.4 is 4.74 Å². The highest BCUT2D eigenvalue weighted by atomic mass is 35.5. The van der Waals surface area contributed by atoms with Gasteiger partial charge in [0.15, 0.2) is 0 Å². The van der Waals surface area contributed by atoms with Crippen LogP contribution in [-0.2, 0) is 0 Å². The van der Waals surface area contributed by atoms with Crippen molar-refractivity contribution in [3.05, 3.63) is 59.2 Å². The molecular weight excluding hydrogens is 302 g/mol. The number of benzene rings is 2. The first-order valence-corrected chi connectivity index (χ1v) is 7.54. The van der Waals surface area contributed by atoms with Crippen molar-refractivity contribution in [1.29, 1.82) is 0 Å². The summed E-state index contributed by atoms with van der Waals surface area (Å²) in [6.45, 7) is 0. The van der Waals surface area contributed by atoms with Crippen LogP contribution in [0, 0.1) is 11.6 Å². The summed E-state index contributed by atoms with van der Waals surface area (Å²) in [4.78, 5) is 0.891. The van der Waals surface area contributed by atoms with E-state index in [1.807, 2.05) is 18.4 Å². The van der Waals surface area contributed by atoms with Gasteiger partial charge in [-0.2, -0.15) is 0 Å². The number of ether oxygens (including phenoxy) is 1. The van der Waals surface area contributed by atoms with Crippen LogP contribution in [0.5, 0.6) is 5.75 Å². The maximum atomic E-state index is 14.1. The summed E-state index contributed by atoms with van der Waals surface area (Å²) in [5.41, 5.74) is 0.526. The molecule has 0 fully saturated rings. The maximum Gasteiger partial charge on any atom is 0.134 e. The van der Waals surface area contributed by atoms with Crippen molar-refractivity contribution in [2.45, 2.75) is 10.3 Å². The minimum absolute atomic E-state index is 0.130. The van der Waals surface area contributed by atoms with Crippen LogP contribution in [0.25, 0.3) is 0 Å². The third-order valence-corrected chi connectivity index (χ3v) is 4.22. The summed E-state index contributed by atoms with van der Waals surface area (Å²) in [6.07, 6.45) is 1.89. The second kappa shape index (κ2) is 6.46. The van der Waals surface area contributed by atoms with E-state index in [1.165, 1.54) is 18.9 Å². The Labute approximate surface area is 125 Å². The largest absolute Gasteiger partial charge is 0.497 e. The third-order valence-electron chi connectivity index (χ3n) is 2.95. The molecule has 5 heteroatoms. The molecule has 2 rings (SSSR count). The number of hydrogen-bond donors (Lipinski definition) is 0. The van der Waals surface area contributed by atoms with Gasteiger partial charge in [0.2, 0.25) is 0 Å². The fourth-order valence-electron chi connectivity index (χ4n) is 1.95. The Morgan fingerprint density at radius 1 is 1.15 bits per heavy atom. The van der Waals surface area contributed by atoms with Crippen molar-refractivity contribution in [2.75, 3.05) is 13.4 Å². The molecule has 0 aliphatic rings. The smallest absolute Gasteiger partial charge is 0.134 e. The van der Waals surface area contributed by atoms with Crippen molar-refractivity contribution < 1.29 is 13.5 Å². The van der Waals surface area contributed by atoms with Crippen LogP contribution in [0.2, 0.25) is 0 Å². The Balaban J connectivity index is 2.51. The van der Waals surface area contributed by atoms with Crippen molar-refractivity contribution in [1.82, 2.24) is 0 Å². The van der Waals surface area contributed by atoms with Gasteiger partial charge in [0.05, 0.1) is 12.5 Å². The SMILES string of the molecule is COc1cc(F)c(C(Cl)c2ccccc2SC)c(F)c1. The van der Waals surface area contributed by atoms with Gasteiger partial charge in [0, 0.05) is 22.6 Å². The lowest BCUT2D eigenvalue weighted by molar-refractivity contribution is 0.405. The fraction of sp³-hybridized carbons (Fsp3) is 0.200. The van der Waals surface area contributed by atoms with Gasteiger partial charge in [-0.05, 0) is 17.9 Å². The first-order valence-electron chi connectivity index (χ1n) is 5.88. The van der Waals surface area contributed by atoms with Gasteiger partial charge in [-0.3, -0.25) is 0 Å². The Morgan fingerprint density at radius 3 is 2.30 bits per heavy atom. The van der Waals surface area contributed by atoms with Crippen LogP contribution in [0.4, 0.5) is 8.78 Å². The van der Waals surface area contributed by atoms with E-state index < -0.39 is 17.0 Å². The molecule has 0 heterocycles. The molecule has 1 unspecified atom stereocenters. The number of hydrogen-bond acceptors (Lipinski definition) is 2. The average molecular weight is 315 g/mol. The molecule has 0 saturated heterocycles. The van der Waals surface area contributed by atoms with Gasteiger partial charge >= 0.3 is 0 Å². The lowest BCUT2D eigenvalue weighted by atomic mass is 10.0. The molecule has 1 atom stereocenters. The van der Waals surface area contributed by atoms with Crippen LogP contribution >= 0.6 is 23.4 Å². The molecule has 0 saturated carbocycles. The Kier molecular flexibility index (Phi) is 4.89. The second-order valence-electron chi connectivity index (χ2n) is 4.11. The summed E-state index contributed by atoms with van der Waals surface area (Å²) >= 11 is 7.77. The first-order chi connectivity index (χ1) is 9.58. The Morgan fingerprint density at radius 2 is 1.75 bits per heavy atom. The summed E-state index contributed by atoms with van der Waals surface area (Å²) in [5, 5.41) is -0.885. The molecule has 0 spiro atoms. The highest BCUT2D eigenvalue weighted by Gasteiger charge is 2.23. The summed E-state index contributed by atoms with van der Waals surface area (Å²) < 4.78 is 33.0. The van der Waals surface area contributed by atoms with Crippen molar-refractivity contribution in [3.63, 3.8) is 0 Å². The van der Waals surface area contributed by atoms with Crippen molar-refractivity contribution >= 4 is 23.4 Å². The van der Waals surface area contributed by atoms with Gasteiger partial charge in [-0.25, -0.2) is 8.78 Å². The van der Waals surface area contributed by atoms with E-state index in [-0.39, 0.29) is 11.3 Å². The van der Waals surface area contributed by atoms with E-state index in [0.717, 1.165) is 17.0 Å². The Hall–Kier alpha value is -1.26. The topological polar surface area (TPSA) is 9.23 Å². The molecule has 0 N–H and O–H groups in total. The molecule has 0 aliphatic carbocycles. The van der Waals surface area contributed by atoms with Gasteiger partial charge in [-0.1, -0.05) is 18.2 Å². The van der Waals surface area contributed by atoms with Crippen LogP contribution in [-0.4, -0.2) is 13.4 Å². The minimum Gasteiger partial charge on any atom is -0.497 e. The summed E-state index contributed by atoms with van der Waals surface area (Å²) in [6, 6.07) is 9.57. The molecule has 20 heavy (non-hydrogen) atoms. The fourth-order valence-corrected chi connectivity index (χ4v) is 3.05. The zero-order chi connectivity index (χ0) is 14.7. The van der Waals surface area contributed by atoms with Gasteiger partial charge in [0.1, 0.15) is 17.4 Å². The van der Waals surface area contributed by atoms with Crippen molar-refractivity contribution in [3.8, 4) is 5.75 Å². The molecule has 0 amide bonds. The predicted octanol–water partition coefficient (Wildman–Crippen LogP) is 5.02. The molecule has 106 valence electrons. The number of halogens is 3.